The molecule has 0 atom stereocenters. The van der Waals surface area contributed by atoms with Crippen LogP contribution in [-0.2, 0) is 16.6 Å². The lowest BCUT2D eigenvalue weighted by molar-refractivity contribution is 0.102. The van der Waals surface area contributed by atoms with Gasteiger partial charge in [-0.05, 0) is 35.9 Å². The molecule has 0 bridgehead atoms. The maximum absolute atomic E-state index is 14.2. The molecule has 0 aliphatic rings. The van der Waals surface area contributed by atoms with Crippen molar-refractivity contribution < 1.29 is 22.3 Å². The molecule has 150 valence electrons. The number of nitrogens with one attached hydrogen (secondary N) is 2. The molecule has 29 heavy (non-hydrogen) atoms. The van der Waals surface area contributed by atoms with Crippen molar-refractivity contribution in [2.45, 2.75) is 11.4 Å². The summed E-state index contributed by atoms with van der Waals surface area (Å²) >= 11 is 0. The zero-order valence-corrected chi connectivity index (χ0v) is 16.4. The number of anilines is 1. The van der Waals surface area contributed by atoms with E-state index in [9.17, 15) is 17.6 Å². The van der Waals surface area contributed by atoms with E-state index in [2.05, 4.69) is 10.0 Å². The summed E-state index contributed by atoms with van der Waals surface area (Å²) in [5.41, 5.74) is 0.786. The van der Waals surface area contributed by atoms with Gasteiger partial charge in [-0.1, -0.05) is 36.4 Å². The third-order valence-electron chi connectivity index (χ3n) is 4.13. The summed E-state index contributed by atoms with van der Waals surface area (Å²) in [5, 5.41) is 2.54. The van der Waals surface area contributed by atoms with Crippen molar-refractivity contribution in [3.05, 3.63) is 89.7 Å². The van der Waals surface area contributed by atoms with Crippen molar-refractivity contribution >= 4 is 21.6 Å². The molecule has 3 rings (SSSR count). The molecule has 6 nitrogen and oxygen atoms in total. The zero-order valence-electron chi connectivity index (χ0n) is 15.6. The summed E-state index contributed by atoms with van der Waals surface area (Å²) in [4.78, 5) is 12.3. The van der Waals surface area contributed by atoms with Crippen molar-refractivity contribution in [2.75, 3.05) is 12.4 Å². The smallest absolute Gasteiger partial charge is 0.258 e. The van der Waals surface area contributed by atoms with Gasteiger partial charge in [0.25, 0.3) is 5.91 Å². The molecule has 3 aromatic carbocycles. The minimum absolute atomic E-state index is 0.0753. The molecule has 1 amide bonds. The van der Waals surface area contributed by atoms with Gasteiger partial charge in [0, 0.05) is 18.3 Å². The Balaban J connectivity index is 1.80. The number of ether oxygens (including phenoxy) is 1. The van der Waals surface area contributed by atoms with Gasteiger partial charge in [0.05, 0.1) is 17.6 Å². The first-order chi connectivity index (χ1) is 13.9. The van der Waals surface area contributed by atoms with Crippen molar-refractivity contribution in [3.63, 3.8) is 0 Å². The van der Waals surface area contributed by atoms with Crippen molar-refractivity contribution in [2.24, 2.45) is 0 Å². The SMILES string of the molecule is COc1cccc(NC(=O)c2cc(S(=O)(=O)NCc3ccccc3)ccc2F)c1. The predicted octanol–water partition coefficient (Wildman–Crippen LogP) is 3.57. The molecule has 0 heterocycles. The fraction of sp³-hybridized carbons (Fsp3) is 0.0952. The van der Waals surface area contributed by atoms with Gasteiger partial charge in [-0.3, -0.25) is 4.79 Å². The molecule has 0 aromatic heterocycles. The quantitative estimate of drug-likeness (QED) is 0.619. The summed E-state index contributed by atoms with van der Waals surface area (Å²) in [7, 11) is -2.45. The van der Waals surface area contributed by atoms with Crippen LogP contribution in [0.1, 0.15) is 15.9 Å². The van der Waals surface area contributed by atoms with E-state index in [1.165, 1.54) is 7.11 Å². The second-order valence-electron chi connectivity index (χ2n) is 6.14. The van der Waals surface area contributed by atoms with Crippen molar-refractivity contribution in [1.82, 2.24) is 4.72 Å². The summed E-state index contributed by atoms with van der Waals surface area (Å²) in [6.45, 7) is 0.0753. The second-order valence-corrected chi connectivity index (χ2v) is 7.90. The number of methoxy groups -OCH3 is 1. The minimum atomic E-state index is -3.93. The molecule has 0 unspecified atom stereocenters. The fourth-order valence-corrected chi connectivity index (χ4v) is 3.65. The van der Waals surface area contributed by atoms with Crippen LogP contribution >= 0.6 is 0 Å². The predicted molar refractivity (Wildman–Crippen MR) is 108 cm³/mol. The van der Waals surface area contributed by atoms with Crippen LogP contribution in [0.15, 0.2) is 77.7 Å². The first-order valence-corrected chi connectivity index (χ1v) is 10.2. The highest BCUT2D eigenvalue weighted by Gasteiger charge is 2.19. The van der Waals surface area contributed by atoms with E-state index in [0.717, 1.165) is 23.8 Å². The van der Waals surface area contributed by atoms with Gasteiger partial charge in [0.2, 0.25) is 10.0 Å². The number of rotatable bonds is 7. The molecule has 0 aliphatic carbocycles. The van der Waals surface area contributed by atoms with Crippen LogP contribution in [0.4, 0.5) is 10.1 Å². The van der Waals surface area contributed by atoms with E-state index >= 15 is 0 Å². The average Bonchev–Trinajstić information content (AvgIpc) is 2.73. The van der Waals surface area contributed by atoms with E-state index in [1.807, 2.05) is 6.07 Å². The third-order valence-corrected chi connectivity index (χ3v) is 5.53. The summed E-state index contributed by atoms with van der Waals surface area (Å²) < 4.78 is 46.8. The highest BCUT2D eigenvalue weighted by atomic mass is 32.2. The first-order valence-electron chi connectivity index (χ1n) is 8.67. The van der Waals surface area contributed by atoms with Gasteiger partial charge in [0.1, 0.15) is 11.6 Å². The van der Waals surface area contributed by atoms with E-state index in [4.69, 9.17) is 4.74 Å². The van der Waals surface area contributed by atoms with Crippen LogP contribution in [0.5, 0.6) is 5.75 Å². The van der Waals surface area contributed by atoms with Crippen LogP contribution in [0.2, 0.25) is 0 Å². The monoisotopic (exact) mass is 414 g/mol. The largest absolute Gasteiger partial charge is 0.497 e. The lowest BCUT2D eigenvalue weighted by Gasteiger charge is -2.11. The molecule has 0 saturated heterocycles. The number of sulfonamides is 1. The second kappa shape index (κ2) is 8.85. The Morgan fingerprint density at radius 1 is 1.00 bits per heavy atom. The number of hydrogen-bond donors (Lipinski definition) is 2. The van der Waals surface area contributed by atoms with Gasteiger partial charge < -0.3 is 10.1 Å². The zero-order chi connectivity index (χ0) is 20.9. The highest BCUT2D eigenvalue weighted by molar-refractivity contribution is 7.89. The maximum atomic E-state index is 14.2. The standard InChI is InChI=1S/C21H19FN2O4S/c1-28-17-9-5-8-16(12-17)24-21(25)19-13-18(10-11-20(19)22)29(26,27)23-14-15-6-3-2-4-7-15/h2-13,23H,14H2,1H3,(H,24,25). The van der Waals surface area contributed by atoms with Crippen molar-refractivity contribution in [3.8, 4) is 5.75 Å². The van der Waals surface area contributed by atoms with Gasteiger partial charge in [-0.2, -0.15) is 0 Å². The molecular formula is C21H19FN2O4S. The van der Waals surface area contributed by atoms with Gasteiger partial charge in [0.15, 0.2) is 0 Å². The average molecular weight is 414 g/mol. The van der Waals surface area contributed by atoms with Crippen molar-refractivity contribution in [1.29, 1.82) is 0 Å². The van der Waals surface area contributed by atoms with Crippen LogP contribution < -0.4 is 14.8 Å². The van der Waals surface area contributed by atoms with E-state index < -0.39 is 21.7 Å². The number of hydrogen-bond acceptors (Lipinski definition) is 4. The molecule has 0 spiro atoms. The van der Waals surface area contributed by atoms with Crippen LogP contribution in [0.3, 0.4) is 0 Å². The van der Waals surface area contributed by atoms with E-state index in [1.54, 1.807) is 48.5 Å². The topological polar surface area (TPSA) is 84.5 Å². The Hall–Kier alpha value is -3.23. The third kappa shape index (κ3) is 5.18. The fourth-order valence-electron chi connectivity index (χ4n) is 2.60. The molecule has 0 radical (unpaired) electrons. The van der Waals surface area contributed by atoms with Crippen LogP contribution in [-0.4, -0.2) is 21.4 Å². The molecule has 0 aliphatic heterocycles. The number of carbonyl (C=O) groups excluding carboxylic acids is 1. The van der Waals surface area contributed by atoms with Gasteiger partial charge >= 0.3 is 0 Å². The lowest BCUT2D eigenvalue weighted by Crippen LogP contribution is -2.24. The maximum Gasteiger partial charge on any atom is 0.258 e. The Bertz CT molecular complexity index is 1120. The van der Waals surface area contributed by atoms with Gasteiger partial charge in [-0.15, -0.1) is 0 Å². The number of halogens is 1. The Labute approximate surface area is 168 Å². The molecule has 3 aromatic rings. The lowest BCUT2D eigenvalue weighted by atomic mass is 10.2. The summed E-state index contributed by atoms with van der Waals surface area (Å²) in [6.07, 6.45) is 0. The van der Waals surface area contributed by atoms with Gasteiger partial charge in [-0.25, -0.2) is 17.5 Å². The summed E-state index contributed by atoms with van der Waals surface area (Å²) in [6, 6.07) is 18.6. The van der Waals surface area contributed by atoms with E-state index in [-0.39, 0.29) is 17.0 Å². The minimum Gasteiger partial charge on any atom is -0.497 e. The number of carbonyl (C=O) groups is 1. The van der Waals surface area contributed by atoms with Crippen LogP contribution in [0, 0.1) is 5.82 Å². The van der Waals surface area contributed by atoms with Crippen LogP contribution in [0.25, 0.3) is 0 Å². The molecule has 0 fully saturated rings. The molecular weight excluding hydrogens is 395 g/mol. The molecule has 2 N–H and O–H groups in total. The van der Waals surface area contributed by atoms with E-state index in [0.29, 0.717) is 11.4 Å². The highest BCUT2D eigenvalue weighted by Crippen LogP contribution is 2.20. The molecule has 0 saturated carbocycles. The first kappa shape index (κ1) is 20.5. The Kier molecular flexibility index (Phi) is 6.26. The molecule has 8 heteroatoms. The normalized spacial score (nSPS) is 11.1. The Morgan fingerprint density at radius 3 is 2.48 bits per heavy atom. The summed E-state index contributed by atoms with van der Waals surface area (Å²) in [5.74, 6) is -1.08. The number of benzene rings is 3. The Morgan fingerprint density at radius 2 is 1.76 bits per heavy atom. The number of amides is 1.